The molecule has 0 aromatic carbocycles. The minimum absolute atomic E-state index is 0.00883. The van der Waals surface area contributed by atoms with Crippen LogP contribution in [0.1, 0.15) is 26.0 Å². The molecule has 14 heavy (non-hydrogen) atoms. The van der Waals surface area contributed by atoms with Gasteiger partial charge in [0.1, 0.15) is 0 Å². The van der Waals surface area contributed by atoms with Crippen LogP contribution in [0.3, 0.4) is 0 Å². The lowest BCUT2D eigenvalue weighted by Crippen LogP contribution is -2.11. The number of rotatable bonds is 5. The molecule has 0 radical (unpaired) electrons. The molecule has 0 atom stereocenters. The van der Waals surface area contributed by atoms with E-state index in [1.165, 1.54) is 6.20 Å². The Morgan fingerprint density at radius 2 is 2.36 bits per heavy atom. The molecule has 0 saturated carbocycles. The quantitative estimate of drug-likeness (QED) is 0.763. The number of hydrogen-bond acceptors (Lipinski definition) is 3. The first-order chi connectivity index (χ1) is 6.59. The van der Waals surface area contributed by atoms with Crippen molar-refractivity contribution in [1.82, 2.24) is 15.0 Å². The fourth-order valence-corrected chi connectivity index (χ4v) is 1.14. The predicted octanol–water partition coefficient (Wildman–Crippen LogP) is 0.951. The minimum Gasteiger partial charge on any atom is -0.481 e. The highest BCUT2D eigenvalue weighted by Gasteiger charge is 2.08. The lowest BCUT2D eigenvalue weighted by Gasteiger charge is -2.06. The van der Waals surface area contributed by atoms with Gasteiger partial charge < -0.3 is 5.11 Å². The van der Waals surface area contributed by atoms with Crippen LogP contribution >= 0.6 is 0 Å². The van der Waals surface area contributed by atoms with Gasteiger partial charge in [0.05, 0.1) is 18.3 Å². The van der Waals surface area contributed by atoms with Crippen LogP contribution in [0, 0.1) is 5.92 Å². The second kappa shape index (κ2) is 4.74. The van der Waals surface area contributed by atoms with E-state index in [-0.39, 0.29) is 6.42 Å². The molecule has 1 aromatic rings. The Balaban J connectivity index is 2.58. The average Bonchev–Trinajstić information content (AvgIpc) is 2.47. The van der Waals surface area contributed by atoms with Crippen molar-refractivity contribution in [2.24, 2.45) is 5.92 Å². The normalized spacial score (nSPS) is 10.8. The maximum absolute atomic E-state index is 10.5. The first-order valence-corrected chi connectivity index (χ1v) is 4.68. The maximum Gasteiger partial charge on any atom is 0.309 e. The van der Waals surface area contributed by atoms with Gasteiger partial charge in [0.15, 0.2) is 0 Å². The number of aromatic nitrogens is 3. The van der Waals surface area contributed by atoms with Crippen LogP contribution in [0.25, 0.3) is 0 Å². The summed E-state index contributed by atoms with van der Waals surface area (Å²) in [6, 6.07) is 0. The number of carbonyl (C=O) groups is 1. The molecule has 0 bridgehead atoms. The van der Waals surface area contributed by atoms with Crippen molar-refractivity contribution in [3.05, 3.63) is 11.9 Å². The van der Waals surface area contributed by atoms with E-state index in [9.17, 15) is 4.79 Å². The second-order valence-electron chi connectivity index (χ2n) is 3.70. The zero-order valence-electron chi connectivity index (χ0n) is 8.47. The van der Waals surface area contributed by atoms with Crippen LogP contribution in [-0.2, 0) is 17.8 Å². The van der Waals surface area contributed by atoms with Crippen LogP contribution in [0.5, 0.6) is 0 Å². The number of aryl methyl sites for hydroxylation is 1. The molecule has 1 heterocycles. The van der Waals surface area contributed by atoms with Crippen molar-refractivity contribution in [2.45, 2.75) is 33.2 Å². The monoisotopic (exact) mass is 197 g/mol. The Labute approximate surface area is 82.7 Å². The molecule has 0 aliphatic rings. The first-order valence-electron chi connectivity index (χ1n) is 4.68. The zero-order chi connectivity index (χ0) is 10.6. The van der Waals surface area contributed by atoms with Crippen LogP contribution in [-0.4, -0.2) is 26.1 Å². The van der Waals surface area contributed by atoms with Gasteiger partial charge in [-0.3, -0.25) is 4.79 Å². The lowest BCUT2D eigenvalue weighted by atomic mass is 10.1. The topological polar surface area (TPSA) is 68.0 Å². The molecular formula is C9H15N3O2. The summed E-state index contributed by atoms with van der Waals surface area (Å²) in [4.78, 5) is 10.5. The summed E-state index contributed by atoms with van der Waals surface area (Å²) in [5, 5.41) is 16.2. The van der Waals surface area contributed by atoms with Crippen LogP contribution < -0.4 is 0 Å². The zero-order valence-corrected chi connectivity index (χ0v) is 8.47. The van der Waals surface area contributed by atoms with Gasteiger partial charge >= 0.3 is 5.97 Å². The number of nitrogens with zero attached hydrogens (tertiary/aromatic N) is 3. The molecule has 78 valence electrons. The van der Waals surface area contributed by atoms with E-state index in [0.29, 0.717) is 11.6 Å². The van der Waals surface area contributed by atoms with Gasteiger partial charge in [-0.15, -0.1) is 5.10 Å². The van der Waals surface area contributed by atoms with Crippen molar-refractivity contribution >= 4 is 5.97 Å². The van der Waals surface area contributed by atoms with Gasteiger partial charge in [-0.25, -0.2) is 4.68 Å². The van der Waals surface area contributed by atoms with Crippen LogP contribution in [0.2, 0.25) is 0 Å². The Morgan fingerprint density at radius 3 is 2.93 bits per heavy atom. The summed E-state index contributed by atoms with van der Waals surface area (Å²) < 4.78 is 1.66. The third-order valence-corrected chi connectivity index (χ3v) is 1.95. The second-order valence-corrected chi connectivity index (χ2v) is 3.70. The standard InChI is InChI=1S/C9H15N3O2/c1-7(2)3-4-12-8(5-9(13)14)6-10-11-12/h6-7H,3-5H2,1-2H3,(H,13,14). The highest BCUT2D eigenvalue weighted by Crippen LogP contribution is 2.04. The van der Waals surface area contributed by atoms with Crippen LogP contribution in [0.4, 0.5) is 0 Å². The summed E-state index contributed by atoms with van der Waals surface area (Å²) in [6.45, 7) is 4.97. The molecule has 1 N–H and O–H groups in total. The van der Waals surface area contributed by atoms with E-state index < -0.39 is 5.97 Å². The third kappa shape index (κ3) is 3.16. The van der Waals surface area contributed by atoms with E-state index in [2.05, 4.69) is 24.2 Å². The molecule has 0 unspecified atom stereocenters. The van der Waals surface area contributed by atoms with Gasteiger partial charge in [-0.1, -0.05) is 19.1 Å². The van der Waals surface area contributed by atoms with Crippen molar-refractivity contribution < 1.29 is 9.90 Å². The molecule has 5 nitrogen and oxygen atoms in total. The Morgan fingerprint density at radius 1 is 1.64 bits per heavy atom. The van der Waals surface area contributed by atoms with Crippen LogP contribution in [0.15, 0.2) is 6.20 Å². The highest BCUT2D eigenvalue weighted by atomic mass is 16.4. The van der Waals surface area contributed by atoms with Gasteiger partial charge in [-0.2, -0.15) is 0 Å². The molecule has 5 heteroatoms. The van der Waals surface area contributed by atoms with E-state index in [1.807, 2.05) is 0 Å². The van der Waals surface area contributed by atoms with Crippen molar-refractivity contribution in [3.63, 3.8) is 0 Å². The van der Waals surface area contributed by atoms with E-state index in [1.54, 1.807) is 4.68 Å². The Kier molecular flexibility index (Phi) is 3.62. The van der Waals surface area contributed by atoms with Gasteiger partial charge in [-0.05, 0) is 12.3 Å². The molecule has 0 aliphatic carbocycles. The SMILES string of the molecule is CC(C)CCn1nncc1CC(=O)O. The average molecular weight is 197 g/mol. The minimum atomic E-state index is -0.849. The number of carboxylic acid groups (broad SMARTS) is 1. The Hall–Kier alpha value is -1.39. The molecule has 0 amide bonds. The highest BCUT2D eigenvalue weighted by molar-refractivity contribution is 5.69. The molecule has 1 aromatic heterocycles. The number of hydrogen-bond donors (Lipinski definition) is 1. The summed E-state index contributed by atoms with van der Waals surface area (Å²) in [5.74, 6) is -0.269. The maximum atomic E-state index is 10.5. The molecule has 0 fully saturated rings. The van der Waals surface area contributed by atoms with Gasteiger partial charge in [0.25, 0.3) is 0 Å². The molecule has 0 saturated heterocycles. The predicted molar refractivity (Wildman–Crippen MR) is 50.8 cm³/mol. The van der Waals surface area contributed by atoms with Crippen molar-refractivity contribution in [1.29, 1.82) is 0 Å². The summed E-state index contributed by atoms with van der Waals surface area (Å²) in [5.41, 5.74) is 0.665. The van der Waals surface area contributed by atoms with Gasteiger partial charge in [0, 0.05) is 6.54 Å². The largest absolute Gasteiger partial charge is 0.481 e. The molecule has 0 aliphatic heterocycles. The number of carboxylic acids is 1. The molecule has 0 spiro atoms. The smallest absolute Gasteiger partial charge is 0.309 e. The first kappa shape index (κ1) is 10.7. The van der Waals surface area contributed by atoms with Crippen molar-refractivity contribution in [2.75, 3.05) is 0 Å². The van der Waals surface area contributed by atoms with E-state index >= 15 is 0 Å². The fourth-order valence-electron chi connectivity index (χ4n) is 1.14. The summed E-state index contributed by atoms with van der Waals surface area (Å²) >= 11 is 0. The summed E-state index contributed by atoms with van der Waals surface area (Å²) in [6.07, 6.45) is 2.48. The van der Waals surface area contributed by atoms with E-state index in [4.69, 9.17) is 5.11 Å². The fraction of sp³-hybridized carbons (Fsp3) is 0.667. The Bertz CT molecular complexity index is 307. The third-order valence-electron chi connectivity index (χ3n) is 1.95. The lowest BCUT2D eigenvalue weighted by molar-refractivity contribution is -0.136. The molecular weight excluding hydrogens is 182 g/mol. The molecule has 1 rings (SSSR count). The van der Waals surface area contributed by atoms with Crippen molar-refractivity contribution in [3.8, 4) is 0 Å². The van der Waals surface area contributed by atoms with E-state index in [0.717, 1.165) is 13.0 Å². The summed E-state index contributed by atoms with van der Waals surface area (Å²) in [7, 11) is 0. The number of aliphatic carboxylic acids is 1. The van der Waals surface area contributed by atoms with Gasteiger partial charge in [0.2, 0.25) is 0 Å².